The normalized spacial score (nSPS) is 11.1. The average molecular weight is 289 g/mol. The van der Waals surface area contributed by atoms with Crippen LogP contribution in [-0.4, -0.2) is 44.0 Å². The van der Waals surface area contributed by atoms with Crippen LogP contribution < -0.4 is 10.1 Å². The third-order valence-corrected chi connectivity index (χ3v) is 3.27. The zero-order valence-corrected chi connectivity index (χ0v) is 11.4. The fourth-order valence-corrected chi connectivity index (χ4v) is 2.03. The van der Waals surface area contributed by atoms with Gasteiger partial charge in [-0.15, -0.1) is 0 Å². The molecule has 0 saturated heterocycles. The number of anilines is 1. The molecular weight excluding hydrogens is 274 g/mol. The molecule has 0 radical (unpaired) electrons. The van der Waals surface area contributed by atoms with Crippen molar-refractivity contribution in [1.82, 2.24) is 4.98 Å². The predicted molar refractivity (Wildman–Crippen MR) is 70.3 cm³/mol. The summed E-state index contributed by atoms with van der Waals surface area (Å²) in [7, 11) is -1.63. The monoisotopic (exact) mass is 289 g/mol. The first-order valence-electron chi connectivity index (χ1n) is 5.44. The lowest BCUT2D eigenvalue weighted by Crippen LogP contribution is -2.11. The van der Waals surface area contributed by atoms with Crippen molar-refractivity contribution < 1.29 is 18.1 Å². The van der Waals surface area contributed by atoms with E-state index in [4.69, 9.17) is 4.74 Å². The van der Waals surface area contributed by atoms with Crippen LogP contribution in [0.3, 0.4) is 0 Å². The van der Waals surface area contributed by atoms with E-state index in [2.05, 4.69) is 10.3 Å². The number of ether oxygens (including phenoxy) is 1. The van der Waals surface area contributed by atoms with Gasteiger partial charge in [-0.3, -0.25) is 10.1 Å². The van der Waals surface area contributed by atoms with Crippen LogP contribution in [0, 0.1) is 10.1 Å². The van der Waals surface area contributed by atoms with Gasteiger partial charge in [-0.05, 0) is 6.42 Å². The maximum absolute atomic E-state index is 10.9. The molecule has 106 valence electrons. The molecule has 0 amide bonds. The van der Waals surface area contributed by atoms with Gasteiger partial charge in [0.2, 0.25) is 11.7 Å². The summed E-state index contributed by atoms with van der Waals surface area (Å²) in [5.74, 6) is 0.326. The van der Waals surface area contributed by atoms with Gasteiger partial charge in [0.1, 0.15) is 9.84 Å². The topological polar surface area (TPSA) is 111 Å². The quantitative estimate of drug-likeness (QED) is 0.450. The number of hydrogen-bond acceptors (Lipinski definition) is 7. The van der Waals surface area contributed by atoms with Crippen LogP contribution in [0.4, 0.5) is 11.5 Å². The maximum Gasteiger partial charge on any atom is 0.311 e. The zero-order valence-electron chi connectivity index (χ0n) is 10.6. The van der Waals surface area contributed by atoms with E-state index in [1.54, 1.807) is 0 Å². The van der Waals surface area contributed by atoms with Crippen LogP contribution in [0.15, 0.2) is 12.1 Å². The zero-order chi connectivity index (χ0) is 14.5. The molecule has 1 aromatic rings. The summed E-state index contributed by atoms with van der Waals surface area (Å²) in [6.07, 6.45) is 1.48. The Hall–Kier alpha value is -1.90. The molecule has 0 aliphatic carbocycles. The van der Waals surface area contributed by atoms with E-state index in [1.807, 2.05) is 0 Å². The molecule has 0 spiro atoms. The number of nitro groups is 1. The number of nitrogens with zero attached hydrogens (tertiary/aromatic N) is 2. The summed E-state index contributed by atoms with van der Waals surface area (Å²) in [6, 6.07) is 2.67. The molecule has 0 unspecified atom stereocenters. The molecule has 0 saturated carbocycles. The molecule has 9 heteroatoms. The molecule has 0 bridgehead atoms. The van der Waals surface area contributed by atoms with Gasteiger partial charge in [0.05, 0.1) is 17.8 Å². The van der Waals surface area contributed by atoms with Crippen molar-refractivity contribution in [3.05, 3.63) is 22.2 Å². The molecule has 8 nitrogen and oxygen atoms in total. The van der Waals surface area contributed by atoms with Gasteiger partial charge in [0.15, 0.2) is 0 Å². The van der Waals surface area contributed by atoms with Gasteiger partial charge < -0.3 is 10.1 Å². The third kappa shape index (κ3) is 5.08. The summed E-state index contributed by atoms with van der Waals surface area (Å²) in [6.45, 7) is 0.272. The second kappa shape index (κ2) is 6.32. The van der Waals surface area contributed by atoms with Crippen molar-refractivity contribution >= 4 is 21.3 Å². The van der Waals surface area contributed by atoms with E-state index in [-0.39, 0.29) is 29.7 Å². The van der Waals surface area contributed by atoms with Crippen molar-refractivity contribution in [3.8, 4) is 5.88 Å². The largest absolute Gasteiger partial charge is 0.481 e. The fraction of sp³-hybridized carbons (Fsp3) is 0.500. The van der Waals surface area contributed by atoms with Gasteiger partial charge in [-0.2, -0.15) is 4.98 Å². The smallest absolute Gasteiger partial charge is 0.311 e. The van der Waals surface area contributed by atoms with Gasteiger partial charge in [0.25, 0.3) is 0 Å². The second-order valence-electron chi connectivity index (χ2n) is 3.89. The lowest BCUT2D eigenvalue weighted by molar-refractivity contribution is -0.384. The second-order valence-corrected chi connectivity index (χ2v) is 6.15. The highest BCUT2D eigenvalue weighted by Gasteiger charge is 2.16. The van der Waals surface area contributed by atoms with Crippen molar-refractivity contribution in [3.63, 3.8) is 0 Å². The molecule has 0 atom stereocenters. The van der Waals surface area contributed by atoms with E-state index in [0.29, 0.717) is 6.42 Å². The standard InChI is InChI=1S/C10H15N3O5S/c1-18-9-5-4-8(13(14)15)10(12-9)11-6-3-7-19(2,16)17/h4-5H,3,6-7H2,1-2H3,(H,11,12). The Bertz CT molecular complexity index is 558. The Morgan fingerprint density at radius 1 is 1.47 bits per heavy atom. The number of aromatic nitrogens is 1. The molecule has 1 aromatic heterocycles. The van der Waals surface area contributed by atoms with E-state index in [0.717, 1.165) is 6.26 Å². The number of sulfone groups is 1. The summed E-state index contributed by atoms with van der Waals surface area (Å²) < 4.78 is 26.8. The van der Waals surface area contributed by atoms with Gasteiger partial charge >= 0.3 is 5.69 Å². The van der Waals surface area contributed by atoms with Crippen LogP contribution >= 0.6 is 0 Å². The minimum Gasteiger partial charge on any atom is -0.481 e. The van der Waals surface area contributed by atoms with Crippen LogP contribution in [0.25, 0.3) is 0 Å². The van der Waals surface area contributed by atoms with Crippen LogP contribution in [0.1, 0.15) is 6.42 Å². The number of rotatable bonds is 7. The van der Waals surface area contributed by atoms with Crippen molar-refractivity contribution in [2.75, 3.05) is 31.0 Å². The van der Waals surface area contributed by atoms with Crippen molar-refractivity contribution in [1.29, 1.82) is 0 Å². The number of hydrogen-bond donors (Lipinski definition) is 1. The average Bonchev–Trinajstić information content (AvgIpc) is 2.33. The lowest BCUT2D eigenvalue weighted by atomic mass is 10.3. The number of nitrogens with one attached hydrogen (secondary N) is 1. The molecule has 0 aliphatic heterocycles. The number of pyridine rings is 1. The maximum atomic E-state index is 10.9. The summed E-state index contributed by atoms with van der Waals surface area (Å²) in [5, 5.41) is 13.5. The van der Waals surface area contributed by atoms with Crippen molar-refractivity contribution in [2.24, 2.45) is 0 Å². The Morgan fingerprint density at radius 2 is 2.16 bits per heavy atom. The van der Waals surface area contributed by atoms with Crippen LogP contribution in [0.5, 0.6) is 5.88 Å². The van der Waals surface area contributed by atoms with Crippen molar-refractivity contribution in [2.45, 2.75) is 6.42 Å². The summed E-state index contributed by atoms with van der Waals surface area (Å²) in [4.78, 5) is 14.2. The van der Waals surface area contributed by atoms with Crippen LogP contribution in [0.2, 0.25) is 0 Å². The van der Waals surface area contributed by atoms with E-state index in [9.17, 15) is 18.5 Å². The van der Waals surface area contributed by atoms with Crippen LogP contribution in [-0.2, 0) is 9.84 Å². The highest BCUT2D eigenvalue weighted by Crippen LogP contribution is 2.24. The molecule has 0 aliphatic rings. The molecule has 1 rings (SSSR count). The van der Waals surface area contributed by atoms with E-state index < -0.39 is 14.8 Å². The first-order chi connectivity index (χ1) is 8.83. The summed E-state index contributed by atoms with van der Waals surface area (Å²) >= 11 is 0. The highest BCUT2D eigenvalue weighted by molar-refractivity contribution is 7.90. The Kier molecular flexibility index (Phi) is 5.04. The highest BCUT2D eigenvalue weighted by atomic mass is 32.2. The van der Waals surface area contributed by atoms with E-state index in [1.165, 1.54) is 19.2 Å². The first-order valence-corrected chi connectivity index (χ1v) is 7.50. The molecular formula is C10H15N3O5S. The predicted octanol–water partition coefficient (Wildman–Crippen LogP) is 0.845. The Labute approximate surface area is 110 Å². The molecule has 19 heavy (non-hydrogen) atoms. The minimum atomic E-state index is -3.04. The van der Waals surface area contributed by atoms with Gasteiger partial charge in [-0.1, -0.05) is 0 Å². The fourth-order valence-electron chi connectivity index (χ4n) is 1.37. The lowest BCUT2D eigenvalue weighted by Gasteiger charge is -2.07. The summed E-state index contributed by atoms with van der Waals surface area (Å²) in [5.41, 5.74) is -0.180. The third-order valence-electron chi connectivity index (χ3n) is 2.24. The molecule has 0 aromatic carbocycles. The van der Waals surface area contributed by atoms with Gasteiger partial charge in [-0.25, -0.2) is 8.42 Å². The number of methoxy groups -OCH3 is 1. The Balaban J connectivity index is 2.72. The molecule has 0 fully saturated rings. The van der Waals surface area contributed by atoms with E-state index >= 15 is 0 Å². The first kappa shape index (κ1) is 15.2. The SMILES string of the molecule is COc1ccc([N+](=O)[O-])c(NCCCS(C)(=O)=O)n1. The minimum absolute atomic E-state index is 0.0117. The molecule has 1 N–H and O–H groups in total. The van der Waals surface area contributed by atoms with Gasteiger partial charge in [0, 0.05) is 24.9 Å². The Morgan fingerprint density at radius 3 is 2.68 bits per heavy atom. The molecule has 1 heterocycles.